The normalized spacial score (nSPS) is 11.1. The molecule has 2 aromatic heterocycles. The van der Waals surface area contributed by atoms with Crippen LogP contribution in [0.3, 0.4) is 0 Å². The Kier molecular flexibility index (Phi) is 3.00. The van der Waals surface area contributed by atoms with Gasteiger partial charge in [-0.3, -0.25) is 0 Å². The van der Waals surface area contributed by atoms with E-state index in [1.54, 1.807) is 0 Å². The molecule has 22 heavy (non-hydrogen) atoms. The van der Waals surface area contributed by atoms with E-state index in [2.05, 4.69) is 16.9 Å². The van der Waals surface area contributed by atoms with Crippen molar-refractivity contribution < 1.29 is 9.15 Å². The van der Waals surface area contributed by atoms with E-state index in [1.807, 2.05) is 48.5 Å². The summed E-state index contributed by atoms with van der Waals surface area (Å²) in [6.45, 7) is 2.12. The highest BCUT2D eigenvalue weighted by molar-refractivity contribution is 6.03. The summed E-state index contributed by atoms with van der Waals surface area (Å²) in [6, 6.07) is 15.8. The summed E-state index contributed by atoms with van der Waals surface area (Å²) in [5.74, 6) is 1.17. The first-order chi connectivity index (χ1) is 10.8. The van der Waals surface area contributed by atoms with Gasteiger partial charge in [-0.2, -0.15) is 4.98 Å². The van der Waals surface area contributed by atoms with E-state index in [0.717, 1.165) is 28.7 Å². The van der Waals surface area contributed by atoms with Crippen molar-refractivity contribution in [2.45, 2.75) is 13.3 Å². The molecule has 0 unspecified atom stereocenters. The zero-order valence-corrected chi connectivity index (χ0v) is 12.1. The van der Waals surface area contributed by atoms with Gasteiger partial charge in [0.2, 0.25) is 5.58 Å². The molecule has 4 heteroatoms. The summed E-state index contributed by atoms with van der Waals surface area (Å²) < 4.78 is 11.7. The number of hydrogen-bond acceptors (Lipinski definition) is 4. The second kappa shape index (κ2) is 5.15. The van der Waals surface area contributed by atoms with Crippen molar-refractivity contribution in [1.29, 1.82) is 0 Å². The van der Waals surface area contributed by atoms with Crippen LogP contribution in [-0.4, -0.2) is 9.97 Å². The smallest absolute Gasteiger partial charge is 0.267 e. The molecule has 4 rings (SSSR count). The van der Waals surface area contributed by atoms with Gasteiger partial charge in [0.15, 0.2) is 0 Å². The topological polar surface area (TPSA) is 48.2 Å². The third-order valence-corrected chi connectivity index (χ3v) is 3.67. The second-order valence-corrected chi connectivity index (χ2v) is 5.05. The molecule has 0 atom stereocenters. The molecule has 0 saturated carbocycles. The summed E-state index contributed by atoms with van der Waals surface area (Å²) in [5, 5.41) is 0.964. The Morgan fingerprint density at radius 2 is 1.82 bits per heavy atom. The molecule has 0 aliphatic carbocycles. The van der Waals surface area contributed by atoms with Crippen molar-refractivity contribution in [2.24, 2.45) is 0 Å². The van der Waals surface area contributed by atoms with Crippen LogP contribution in [-0.2, 0) is 6.42 Å². The lowest BCUT2D eigenvalue weighted by atomic mass is 10.2. The van der Waals surface area contributed by atoms with Crippen molar-refractivity contribution in [1.82, 2.24) is 9.97 Å². The average molecular weight is 290 g/mol. The van der Waals surface area contributed by atoms with Crippen LogP contribution in [0, 0.1) is 0 Å². The molecule has 0 spiro atoms. The van der Waals surface area contributed by atoms with Gasteiger partial charge >= 0.3 is 0 Å². The number of rotatable bonds is 3. The zero-order valence-electron chi connectivity index (χ0n) is 12.1. The van der Waals surface area contributed by atoms with Gasteiger partial charge in [0.05, 0.1) is 0 Å². The Balaban J connectivity index is 1.80. The van der Waals surface area contributed by atoms with E-state index < -0.39 is 0 Å². The van der Waals surface area contributed by atoms with Gasteiger partial charge in [0, 0.05) is 5.39 Å². The van der Waals surface area contributed by atoms with Crippen molar-refractivity contribution in [3.63, 3.8) is 0 Å². The quantitative estimate of drug-likeness (QED) is 0.547. The van der Waals surface area contributed by atoms with Gasteiger partial charge in [-0.05, 0) is 36.2 Å². The van der Waals surface area contributed by atoms with Crippen molar-refractivity contribution in [3.8, 4) is 11.6 Å². The van der Waals surface area contributed by atoms with Gasteiger partial charge in [0.25, 0.3) is 5.88 Å². The van der Waals surface area contributed by atoms with Crippen LogP contribution in [0.25, 0.3) is 22.1 Å². The molecular weight excluding hydrogens is 276 g/mol. The highest BCUT2D eigenvalue weighted by atomic mass is 16.5. The molecule has 2 heterocycles. The van der Waals surface area contributed by atoms with Crippen LogP contribution in [0.5, 0.6) is 11.6 Å². The highest BCUT2D eigenvalue weighted by Gasteiger charge is 2.14. The standard InChI is InChI=1S/C18H14N2O2/c1-2-12-7-9-13(10-8-12)21-18-17-16(19-11-20-18)14-5-3-4-6-15(14)22-17/h3-11H,2H2,1H3. The fraction of sp³-hybridized carbons (Fsp3) is 0.111. The van der Waals surface area contributed by atoms with E-state index in [9.17, 15) is 0 Å². The molecule has 0 aliphatic rings. The van der Waals surface area contributed by atoms with E-state index in [4.69, 9.17) is 9.15 Å². The van der Waals surface area contributed by atoms with E-state index in [0.29, 0.717) is 11.5 Å². The number of hydrogen-bond donors (Lipinski definition) is 0. The molecule has 0 aliphatic heterocycles. The Bertz CT molecular complexity index is 942. The Labute approximate surface area is 127 Å². The minimum Gasteiger partial charge on any atom is -0.449 e. The monoisotopic (exact) mass is 290 g/mol. The number of ether oxygens (including phenoxy) is 1. The number of furan rings is 1. The number of benzene rings is 2. The van der Waals surface area contributed by atoms with Gasteiger partial charge in [-0.25, -0.2) is 4.98 Å². The highest BCUT2D eigenvalue weighted by Crippen LogP contribution is 2.33. The molecule has 4 nitrogen and oxygen atoms in total. The second-order valence-electron chi connectivity index (χ2n) is 5.05. The first kappa shape index (κ1) is 12.8. The first-order valence-corrected chi connectivity index (χ1v) is 7.24. The fourth-order valence-electron chi connectivity index (χ4n) is 2.48. The molecule has 0 N–H and O–H groups in total. The summed E-state index contributed by atoms with van der Waals surface area (Å²) in [6.07, 6.45) is 2.50. The maximum absolute atomic E-state index is 5.88. The van der Waals surface area contributed by atoms with Crippen molar-refractivity contribution in [2.75, 3.05) is 0 Å². The molecule has 0 saturated heterocycles. The van der Waals surface area contributed by atoms with E-state index >= 15 is 0 Å². The van der Waals surface area contributed by atoms with E-state index in [-0.39, 0.29) is 0 Å². The maximum atomic E-state index is 5.88. The number of aryl methyl sites for hydroxylation is 1. The van der Waals surface area contributed by atoms with Crippen molar-refractivity contribution >= 4 is 22.1 Å². The zero-order chi connectivity index (χ0) is 14.9. The Morgan fingerprint density at radius 1 is 1.00 bits per heavy atom. The minimum atomic E-state index is 0.436. The molecule has 108 valence electrons. The summed E-state index contributed by atoms with van der Waals surface area (Å²) in [7, 11) is 0. The Morgan fingerprint density at radius 3 is 2.64 bits per heavy atom. The fourth-order valence-corrected chi connectivity index (χ4v) is 2.48. The molecule has 0 amide bonds. The lowest BCUT2D eigenvalue weighted by Crippen LogP contribution is -1.90. The summed E-state index contributed by atoms with van der Waals surface area (Å²) >= 11 is 0. The van der Waals surface area contributed by atoms with Gasteiger partial charge in [-0.15, -0.1) is 0 Å². The van der Waals surface area contributed by atoms with Crippen LogP contribution >= 0.6 is 0 Å². The summed E-state index contributed by atoms with van der Waals surface area (Å²) in [4.78, 5) is 8.53. The van der Waals surface area contributed by atoms with Crippen LogP contribution in [0.4, 0.5) is 0 Å². The lowest BCUT2D eigenvalue weighted by Gasteiger charge is -2.05. The summed E-state index contributed by atoms with van der Waals surface area (Å²) in [5.41, 5.74) is 3.39. The molecular formula is C18H14N2O2. The number of nitrogens with zero attached hydrogens (tertiary/aromatic N) is 2. The SMILES string of the molecule is CCc1ccc(Oc2ncnc3c2oc2ccccc23)cc1. The molecule has 4 aromatic rings. The number of fused-ring (bicyclic) bond motifs is 3. The number of aromatic nitrogens is 2. The predicted octanol–water partition coefficient (Wildman–Crippen LogP) is 4.73. The first-order valence-electron chi connectivity index (χ1n) is 7.24. The van der Waals surface area contributed by atoms with Crippen molar-refractivity contribution in [3.05, 3.63) is 60.4 Å². The van der Waals surface area contributed by atoms with Gasteiger partial charge in [-0.1, -0.05) is 31.2 Å². The van der Waals surface area contributed by atoms with Crippen LogP contribution in [0.1, 0.15) is 12.5 Å². The largest absolute Gasteiger partial charge is 0.449 e. The van der Waals surface area contributed by atoms with E-state index in [1.165, 1.54) is 11.9 Å². The average Bonchev–Trinajstić information content (AvgIpc) is 2.95. The van der Waals surface area contributed by atoms with Crippen LogP contribution < -0.4 is 4.74 Å². The van der Waals surface area contributed by atoms with Crippen LogP contribution in [0.2, 0.25) is 0 Å². The molecule has 2 aromatic carbocycles. The van der Waals surface area contributed by atoms with Crippen LogP contribution in [0.15, 0.2) is 59.3 Å². The lowest BCUT2D eigenvalue weighted by molar-refractivity contribution is 0.456. The van der Waals surface area contributed by atoms with Gasteiger partial charge in [0.1, 0.15) is 23.2 Å². The minimum absolute atomic E-state index is 0.436. The third kappa shape index (κ3) is 2.09. The maximum Gasteiger partial charge on any atom is 0.267 e. The number of para-hydroxylation sites is 1. The molecule has 0 fully saturated rings. The predicted molar refractivity (Wildman–Crippen MR) is 85.2 cm³/mol. The molecule has 0 radical (unpaired) electrons. The molecule has 0 bridgehead atoms. The Hall–Kier alpha value is -2.88. The third-order valence-electron chi connectivity index (χ3n) is 3.67. The van der Waals surface area contributed by atoms with Gasteiger partial charge < -0.3 is 9.15 Å².